The number of hydrogen-bond acceptors (Lipinski definition) is 4. The maximum absolute atomic E-state index is 9.23. The molecule has 0 bridgehead atoms. The SMILES string of the molecule is N#Cc1cc(Br)ccc1Nc1ccnc2cc(N)ccc12. The van der Waals surface area contributed by atoms with Crippen molar-refractivity contribution >= 4 is 43.9 Å². The first-order valence-electron chi connectivity index (χ1n) is 6.28. The van der Waals surface area contributed by atoms with Gasteiger partial charge in [-0.1, -0.05) is 15.9 Å². The van der Waals surface area contributed by atoms with Crippen LogP contribution in [0.4, 0.5) is 17.1 Å². The smallest absolute Gasteiger partial charge is 0.101 e. The topological polar surface area (TPSA) is 74.7 Å². The maximum Gasteiger partial charge on any atom is 0.101 e. The third-order valence-corrected chi connectivity index (χ3v) is 3.63. The van der Waals surface area contributed by atoms with Gasteiger partial charge in [-0.3, -0.25) is 4.98 Å². The van der Waals surface area contributed by atoms with Gasteiger partial charge in [0.2, 0.25) is 0 Å². The number of hydrogen-bond donors (Lipinski definition) is 2. The van der Waals surface area contributed by atoms with Crippen LogP contribution < -0.4 is 11.1 Å². The molecule has 5 heteroatoms. The fourth-order valence-corrected chi connectivity index (χ4v) is 2.50. The number of nitrogen functional groups attached to an aromatic ring is 1. The van der Waals surface area contributed by atoms with Gasteiger partial charge in [-0.15, -0.1) is 0 Å². The molecule has 0 aliphatic heterocycles. The van der Waals surface area contributed by atoms with Gasteiger partial charge in [-0.25, -0.2) is 0 Å². The summed E-state index contributed by atoms with van der Waals surface area (Å²) in [6, 6.07) is 15.2. The van der Waals surface area contributed by atoms with Gasteiger partial charge in [0, 0.05) is 27.4 Å². The van der Waals surface area contributed by atoms with Gasteiger partial charge in [-0.2, -0.15) is 5.26 Å². The van der Waals surface area contributed by atoms with Crippen LogP contribution in [0, 0.1) is 11.3 Å². The Morgan fingerprint density at radius 1 is 1.10 bits per heavy atom. The van der Waals surface area contributed by atoms with Gasteiger partial charge in [-0.05, 0) is 42.5 Å². The molecule has 0 unspecified atom stereocenters. The van der Waals surface area contributed by atoms with Gasteiger partial charge in [0.25, 0.3) is 0 Å². The maximum atomic E-state index is 9.23. The minimum absolute atomic E-state index is 0.574. The molecule has 0 amide bonds. The van der Waals surface area contributed by atoms with Crippen molar-refractivity contribution in [1.29, 1.82) is 5.26 Å². The summed E-state index contributed by atoms with van der Waals surface area (Å²) in [6.07, 6.45) is 1.72. The summed E-state index contributed by atoms with van der Waals surface area (Å²) in [4.78, 5) is 4.31. The number of nitrogens with one attached hydrogen (secondary N) is 1. The Labute approximate surface area is 130 Å². The number of fused-ring (bicyclic) bond motifs is 1. The molecule has 21 heavy (non-hydrogen) atoms. The van der Waals surface area contributed by atoms with Crippen molar-refractivity contribution < 1.29 is 0 Å². The van der Waals surface area contributed by atoms with E-state index in [0.717, 1.165) is 26.8 Å². The van der Waals surface area contributed by atoms with Gasteiger partial charge in [0.1, 0.15) is 6.07 Å². The Morgan fingerprint density at radius 3 is 2.76 bits per heavy atom. The molecule has 2 aromatic carbocycles. The zero-order valence-electron chi connectivity index (χ0n) is 11.0. The predicted octanol–water partition coefficient (Wildman–Crippen LogP) is 4.19. The van der Waals surface area contributed by atoms with E-state index in [0.29, 0.717) is 11.3 Å². The van der Waals surface area contributed by atoms with E-state index in [1.807, 2.05) is 36.4 Å². The largest absolute Gasteiger partial charge is 0.399 e. The first-order valence-corrected chi connectivity index (χ1v) is 7.07. The van der Waals surface area contributed by atoms with Crippen LogP contribution >= 0.6 is 15.9 Å². The average molecular weight is 339 g/mol. The van der Waals surface area contributed by atoms with E-state index in [-0.39, 0.29) is 0 Å². The molecule has 0 aliphatic rings. The van der Waals surface area contributed by atoms with Crippen LogP contribution in [-0.4, -0.2) is 4.98 Å². The Morgan fingerprint density at radius 2 is 1.95 bits per heavy atom. The summed E-state index contributed by atoms with van der Waals surface area (Å²) in [5.41, 5.74) is 9.49. The van der Waals surface area contributed by atoms with E-state index >= 15 is 0 Å². The van der Waals surface area contributed by atoms with Crippen molar-refractivity contribution in [1.82, 2.24) is 4.98 Å². The molecular formula is C16H11BrN4. The van der Waals surface area contributed by atoms with E-state index in [9.17, 15) is 5.26 Å². The third-order valence-electron chi connectivity index (χ3n) is 3.14. The second-order valence-electron chi connectivity index (χ2n) is 4.56. The molecule has 4 nitrogen and oxygen atoms in total. The van der Waals surface area contributed by atoms with Crippen LogP contribution in [-0.2, 0) is 0 Å². The zero-order chi connectivity index (χ0) is 14.8. The fourth-order valence-electron chi connectivity index (χ4n) is 2.14. The molecule has 0 atom stereocenters. The number of nitrogens with zero attached hydrogens (tertiary/aromatic N) is 2. The number of benzene rings is 2. The Bertz CT molecular complexity index is 868. The number of aromatic nitrogens is 1. The summed E-state index contributed by atoms with van der Waals surface area (Å²) in [5, 5.41) is 13.5. The lowest BCUT2D eigenvalue weighted by Crippen LogP contribution is -1.96. The lowest BCUT2D eigenvalue weighted by atomic mass is 10.1. The zero-order valence-corrected chi connectivity index (χ0v) is 12.6. The van der Waals surface area contributed by atoms with Crippen molar-refractivity contribution in [3.05, 3.63) is 58.7 Å². The molecule has 3 aromatic rings. The Kier molecular flexibility index (Phi) is 3.46. The third kappa shape index (κ3) is 2.67. The number of pyridine rings is 1. The molecule has 102 valence electrons. The van der Waals surface area contributed by atoms with Crippen LogP contribution in [0.1, 0.15) is 5.56 Å². The average Bonchev–Trinajstić information content (AvgIpc) is 2.49. The molecule has 0 saturated carbocycles. The molecule has 0 fully saturated rings. The van der Waals surface area contributed by atoms with E-state index in [4.69, 9.17) is 5.73 Å². The number of anilines is 3. The van der Waals surface area contributed by atoms with Gasteiger partial charge in [0.05, 0.1) is 16.8 Å². The Balaban J connectivity index is 2.09. The highest BCUT2D eigenvalue weighted by Crippen LogP contribution is 2.29. The summed E-state index contributed by atoms with van der Waals surface area (Å²) in [5.74, 6) is 0. The number of nitrogens with two attached hydrogens (primary N) is 1. The highest BCUT2D eigenvalue weighted by atomic mass is 79.9. The van der Waals surface area contributed by atoms with Crippen molar-refractivity contribution in [3.63, 3.8) is 0 Å². The summed E-state index contributed by atoms with van der Waals surface area (Å²) in [6.45, 7) is 0. The van der Waals surface area contributed by atoms with Crippen LogP contribution in [0.25, 0.3) is 10.9 Å². The van der Waals surface area contributed by atoms with Crippen molar-refractivity contribution in [2.24, 2.45) is 0 Å². The first-order chi connectivity index (χ1) is 10.2. The number of rotatable bonds is 2. The van der Waals surface area contributed by atoms with E-state index in [1.165, 1.54) is 0 Å². The summed E-state index contributed by atoms with van der Waals surface area (Å²) >= 11 is 3.37. The molecule has 0 aliphatic carbocycles. The molecule has 3 N–H and O–H groups in total. The monoisotopic (exact) mass is 338 g/mol. The quantitative estimate of drug-likeness (QED) is 0.687. The van der Waals surface area contributed by atoms with E-state index in [2.05, 4.69) is 32.3 Å². The molecular weight excluding hydrogens is 328 g/mol. The van der Waals surface area contributed by atoms with Crippen molar-refractivity contribution in [3.8, 4) is 6.07 Å². The van der Waals surface area contributed by atoms with Gasteiger partial charge < -0.3 is 11.1 Å². The van der Waals surface area contributed by atoms with Gasteiger partial charge >= 0.3 is 0 Å². The van der Waals surface area contributed by atoms with Crippen LogP contribution in [0.3, 0.4) is 0 Å². The van der Waals surface area contributed by atoms with E-state index in [1.54, 1.807) is 12.3 Å². The van der Waals surface area contributed by atoms with Crippen LogP contribution in [0.15, 0.2) is 53.1 Å². The van der Waals surface area contributed by atoms with E-state index < -0.39 is 0 Å². The van der Waals surface area contributed by atoms with Gasteiger partial charge in [0.15, 0.2) is 0 Å². The number of nitriles is 1. The molecule has 3 rings (SSSR count). The standard InChI is InChI=1S/C16H11BrN4/c17-11-1-4-14(10(7-11)9-18)21-15-5-6-20-16-8-12(19)2-3-13(15)16/h1-8H,19H2,(H,20,21). The lowest BCUT2D eigenvalue weighted by Gasteiger charge is -2.11. The predicted molar refractivity (Wildman–Crippen MR) is 88.3 cm³/mol. The van der Waals surface area contributed by atoms with Crippen LogP contribution in [0.5, 0.6) is 0 Å². The normalized spacial score (nSPS) is 10.3. The minimum atomic E-state index is 0.574. The molecule has 1 heterocycles. The lowest BCUT2D eigenvalue weighted by molar-refractivity contribution is 1.40. The first kappa shape index (κ1) is 13.4. The summed E-state index contributed by atoms with van der Waals surface area (Å²) in [7, 11) is 0. The second-order valence-corrected chi connectivity index (χ2v) is 5.48. The molecule has 0 radical (unpaired) electrons. The van der Waals surface area contributed by atoms with Crippen LogP contribution in [0.2, 0.25) is 0 Å². The summed E-state index contributed by atoms with van der Waals surface area (Å²) < 4.78 is 0.872. The highest BCUT2D eigenvalue weighted by Gasteiger charge is 2.06. The number of halogens is 1. The molecule has 0 saturated heterocycles. The molecule has 1 aromatic heterocycles. The fraction of sp³-hybridized carbons (Fsp3) is 0. The highest BCUT2D eigenvalue weighted by molar-refractivity contribution is 9.10. The molecule has 0 spiro atoms. The van der Waals surface area contributed by atoms with Crippen molar-refractivity contribution in [2.75, 3.05) is 11.1 Å². The van der Waals surface area contributed by atoms with Crippen molar-refractivity contribution in [2.45, 2.75) is 0 Å². The second kappa shape index (κ2) is 5.43. The minimum Gasteiger partial charge on any atom is -0.399 e. The Hall–Kier alpha value is -2.58.